The number of anilines is 1. The molecule has 9 heteroatoms. The number of rotatable bonds is 7. The second-order valence-corrected chi connectivity index (χ2v) is 10.9. The second kappa shape index (κ2) is 10.9. The summed E-state index contributed by atoms with van der Waals surface area (Å²) in [5.41, 5.74) is 3.90. The molecule has 0 aliphatic heterocycles. The van der Waals surface area contributed by atoms with E-state index in [-0.39, 0.29) is 17.2 Å². The topological polar surface area (TPSA) is 90.3 Å². The van der Waals surface area contributed by atoms with E-state index in [0.717, 1.165) is 52.7 Å². The minimum Gasteiger partial charge on any atom is -0.462 e. The van der Waals surface area contributed by atoms with Crippen LogP contribution in [0, 0.1) is 6.92 Å². The molecule has 37 heavy (non-hydrogen) atoms. The quantitative estimate of drug-likeness (QED) is 0.191. The molecule has 0 radical (unpaired) electrons. The van der Waals surface area contributed by atoms with E-state index in [4.69, 9.17) is 9.72 Å². The van der Waals surface area contributed by atoms with Crippen LogP contribution < -0.4 is 10.9 Å². The van der Waals surface area contributed by atoms with Crippen molar-refractivity contribution in [3.63, 3.8) is 0 Å². The third kappa shape index (κ3) is 5.33. The van der Waals surface area contributed by atoms with Gasteiger partial charge < -0.3 is 10.1 Å². The summed E-state index contributed by atoms with van der Waals surface area (Å²) in [6, 6.07) is 14.3. The summed E-state index contributed by atoms with van der Waals surface area (Å²) in [4.78, 5) is 45.3. The number of esters is 1. The van der Waals surface area contributed by atoms with Gasteiger partial charge in [0.15, 0.2) is 5.16 Å². The summed E-state index contributed by atoms with van der Waals surface area (Å²) in [6.07, 6.45) is 4.11. The number of aryl methyl sites for hydroxylation is 3. The van der Waals surface area contributed by atoms with Gasteiger partial charge in [-0.1, -0.05) is 29.5 Å². The number of thioether (sulfide) groups is 1. The molecule has 2 aromatic carbocycles. The van der Waals surface area contributed by atoms with Crippen molar-refractivity contribution in [3.8, 4) is 5.69 Å². The van der Waals surface area contributed by atoms with Crippen molar-refractivity contribution in [2.45, 2.75) is 44.7 Å². The van der Waals surface area contributed by atoms with Crippen molar-refractivity contribution in [2.75, 3.05) is 17.7 Å². The number of nitrogens with one attached hydrogen (secondary N) is 1. The fraction of sp³-hybridized carbons (Fsp3) is 0.286. The zero-order chi connectivity index (χ0) is 25.9. The highest BCUT2D eigenvalue weighted by Crippen LogP contribution is 2.35. The van der Waals surface area contributed by atoms with Gasteiger partial charge in [-0.15, -0.1) is 11.3 Å². The summed E-state index contributed by atoms with van der Waals surface area (Å²) >= 11 is 2.84. The van der Waals surface area contributed by atoms with Crippen LogP contribution in [0.15, 0.2) is 58.5 Å². The Morgan fingerprint density at radius 1 is 1.08 bits per heavy atom. The van der Waals surface area contributed by atoms with Crippen LogP contribution in [-0.4, -0.2) is 33.8 Å². The van der Waals surface area contributed by atoms with Crippen LogP contribution in [0.4, 0.5) is 5.69 Å². The Balaban J connectivity index is 1.41. The Morgan fingerprint density at radius 2 is 1.81 bits per heavy atom. The molecule has 0 unspecified atom stereocenters. The maximum Gasteiger partial charge on any atom is 0.338 e. The van der Waals surface area contributed by atoms with Crippen LogP contribution in [0.2, 0.25) is 0 Å². The second-order valence-electron chi connectivity index (χ2n) is 8.90. The fourth-order valence-corrected chi connectivity index (χ4v) is 6.55. The molecule has 2 aromatic heterocycles. The van der Waals surface area contributed by atoms with Gasteiger partial charge >= 0.3 is 5.97 Å². The van der Waals surface area contributed by atoms with Gasteiger partial charge in [-0.3, -0.25) is 14.2 Å². The number of hydrogen-bond acceptors (Lipinski definition) is 7. The van der Waals surface area contributed by atoms with Gasteiger partial charge in [0.1, 0.15) is 4.83 Å². The molecular weight excluding hydrogens is 506 g/mol. The smallest absolute Gasteiger partial charge is 0.338 e. The van der Waals surface area contributed by atoms with Crippen molar-refractivity contribution in [2.24, 2.45) is 0 Å². The summed E-state index contributed by atoms with van der Waals surface area (Å²) < 4.78 is 6.63. The van der Waals surface area contributed by atoms with E-state index >= 15 is 0 Å². The van der Waals surface area contributed by atoms with Gasteiger partial charge in [0, 0.05) is 10.6 Å². The number of hydrogen-bond donors (Lipinski definition) is 1. The predicted molar refractivity (Wildman–Crippen MR) is 148 cm³/mol. The molecule has 190 valence electrons. The number of aromatic nitrogens is 2. The lowest BCUT2D eigenvalue weighted by Crippen LogP contribution is -2.23. The first-order valence-electron chi connectivity index (χ1n) is 12.3. The number of thiophene rings is 1. The van der Waals surface area contributed by atoms with E-state index < -0.39 is 5.97 Å². The minimum absolute atomic E-state index is 0.0779. The zero-order valence-corrected chi connectivity index (χ0v) is 22.3. The zero-order valence-electron chi connectivity index (χ0n) is 20.7. The number of ether oxygens (including phenoxy) is 1. The first-order valence-corrected chi connectivity index (χ1v) is 14.1. The van der Waals surface area contributed by atoms with Crippen LogP contribution in [0.25, 0.3) is 15.9 Å². The van der Waals surface area contributed by atoms with Crippen LogP contribution in [0.5, 0.6) is 0 Å². The van der Waals surface area contributed by atoms with Gasteiger partial charge in [-0.2, -0.15) is 0 Å². The molecule has 2 heterocycles. The molecule has 0 spiro atoms. The largest absolute Gasteiger partial charge is 0.462 e. The SMILES string of the molecule is CCOC(=O)c1ccc(NC(=O)CSc2nc3sc4c(c3c(=O)n2-c2ccc(C)cc2)CCCC4)cc1. The first kappa shape index (κ1) is 25.2. The van der Waals surface area contributed by atoms with Crippen molar-refractivity contribution in [1.29, 1.82) is 0 Å². The van der Waals surface area contributed by atoms with Crippen molar-refractivity contribution >= 4 is 50.9 Å². The van der Waals surface area contributed by atoms with Crippen molar-refractivity contribution in [3.05, 3.63) is 80.5 Å². The number of carbonyl (C=O) groups is 2. The molecule has 0 saturated carbocycles. The Bertz CT molecular complexity index is 1520. The van der Waals surface area contributed by atoms with E-state index in [1.165, 1.54) is 16.6 Å². The lowest BCUT2D eigenvalue weighted by molar-refractivity contribution is -0.113. The lowest BCUT2D eigenvalue weighted by atomic mass is 9.97. The molecule has 7 nitrogen and oxygen atoms in total. The summed E-state index contributed by atoms with van der Waals surface area (Å²) in [5, 5.41) is 4.06. The molecule has 1 amide bonds. The Kier molecular flexibility index (Phi) is 7.43. The predicted octanol–water partition coefficient (Wildman–Crippen LogP) is 5.54. The van der Waals surface area contributed by atoms with Gasteiger partial charge in [-0.25, -0.2) is 9.78 Å². The van der Waals surface area contributed by atoms with Crippen LogP contribution in [0.1, 0.15) is 46.1 Å². The highest BCUT2D eigenvalue weighted by Gasteiger charge is 2.23. The van der Waals surface area contributed by atoms with Gasteiger partial charge in [0.05, 0.1) is 29.0 Å². The third-order valence-electron chi connectivity index (χ3n) is 6.26. The van der Waals surface area contributed by atoms with E-state index in [2.05, 4.69) is 5.32 Å². The van der Waals surface area contributed by atoms with Crippen molar-refractivity contribution in [1.82, 2.24) is 9.55 Å². The number of carbonyl (C=O) groups excluding carboxylic acids is 2. The standard InChI is InChI=1S/C28H27N3O4S2/c1-3-35-27(34)18-10-12-19(13-11-18)29-23(32)16-36-28-30-25-24(21-6-4-5-7-22(21)37-25)26(33)31(28)20-14-8-17(2)9-15-20/h8-15H,3-7,16H2,1-2H3,(H,29,32). The molecule has 4 aromatic rings. The van der Waals surface area contributed by atoms with Crippen LogP contribution in [-0.2, 0) is 22.4 Å². The Hall–Kier alpha value is -3.43. The highest BCUT2D eigenvalue weighted by atomic mass is 32.2. The maximum atomic E-state index is 13.8. The average Bonchev–Trinajstić information content (AvgIpc) is 3.27. The number of fused-ring (bicyclic) bond motifs is 3. The van der Waals surface area contributed by atoms with Gasteiger partial charge in [0.2, 0.25) is 5.91 Å². The molecule has 0 atom stereocenters. The number of benzene rings is 2. The molecular formula is C28H27N3O4S2. The first-order chi connectivity index (χ1) is 17.9. The number of nitrogens with zero attached hydrogens (tertiary/aromatic N) is 2. The van der Waals surface area contributed by atoms with Crippen LogP contribution >= 0.6 is 23.1 Å². The summed E-state index contributed by atoms with van der Waals surface area (Å²) in [7, 11) is 0. The molecule has 1 aliphatic carbocycles. The normalized spacial score (nSPS) is 12.8. The van der Waals surface area contributed by atoms with E-state index in [0.29, 0.717) is 23.0 Å². The average molecular weight is 534 g/mol. The van der Waals surface area contributed by atoms with E-state index in [9.17, 15) is 14.4 Å². The highest BCUT2D eigenvalue weighted by molar-refractivity contribution is 7.99. The van der Waals surface area contributed by atoms with Crippen LogP contribution in [0.3, 0.4) is 0 Å². The summed E-state index contributed by atoms with van der Waals surface area (Å²) in [5.74, 6) is -0.556. The van der Waals surface area contributed by atoms with Gasteiger partial charge in [-0.05, 0) is 81.5 Å². The summed E-state index contributed by atoms with van der Waals surface area (Å²) in [6.45, 7) is 4.06. The third-order valence-corrected chi connectivity index (χ3v) is 8.39. The molecule has 1 N–H and O–H groups in total. The molecule has 0 saturated heterocycles. The van der Waals surface area contributed by atoms with E-state index in [1.54, 1.807) is 47.1 Å². The van der Waals surface area contributed by atoms with Gasteiger partial charge in [0.25, 0.3) is 5.56 Å². The molecule has 0 fully saturated rings. The lowest BCUT2D eigenvalue weighted by Gasteiger charge is -2.14. The molecule has 0 bridgehead atoms. The fourth-order valence-electron chi connectivity index (χ4n) is 4.44. The minimum atomic E-state index is -0.401. The Labute approximate surface area is 222 Å². The van der Waals surface area contributed by atoms with E-state index in [1.807, 2.05) is 31.2 Å². The number of amides is 1. The Morgan fingerprint density at radius 3 is 2.54 bits per heavy atom. The van der Waals surface area contributed by atoms with Crippen molar-refractivity contribution < 1.29 is 14.3 Å². The molecule has 5 rings (SSSR count). The monoisotopic (exact) mass is 533 g/mol. The maximum absolute atomic E-state index is 13.8. The molecule has 1 aliphatic rings.